The van der Waals surface area contributed by atoms with Crippen molar-refractivity contribution in [2.45, 2.75) is 134 Å². The van der Waals surface area contributed by atoms with Crippen molar-refractivity contribution in [1.29, 1.82) is 0 Å². The SMILES string of the molecule is CC(CCC(C)C(=O)ON1C(=O)CC(S(=O)(=O)O)C1=O)C(=O)OCC(=O)[C@@]12O[C@H](C3CCCCC3)O[C@@H]1C[C@H]1[C@@H]3CCC4=CC(=O)C=C[C@]4(C)[C@H]3[C@@H](O)C[C@@]12C. The van der Waals surface area contributed by atoms with Crippen LogP contribution in [-0.4, -0.2) is 94.4 Å². The van der Waals surface area contributed by atoms with Gasteiger partial charge in [0.25, 0.3) is 21.9 Å². The van der Waals surface area contributed by atoms with Crippen LogP contribution in [0.15, 0.2) is 23.8 Å². The zero-order chi connectivity index (χ0) is 40.5. The lowest BCUT2D eigenvalue weighted by molar-refractivity contribution is -0.210. The number of rotatable bonds is 11. The van der Waals surface area contributed by atoms with Gasteiger partial charge in [0.05, 0.1) is 30.5 Å². The van der Waals surface area contributed by atoms with Gasteiger partial charge in [-0.1, -0.05) is 58.6 Å². The zero-order valence-electron chi connectivity index (χ0n) is 32.3. The average molecular weight is 804 g/mol. The number of Topliss-reactive ketones (excluding diaryl/α,β-unsaturated/α-hetero) is 1. The molecule has 2 saturated heterocycles. The van der Waals surface area contributed by atoms with Gasteiger partial charge in [0.15, 0.2) is 29.5 Å². The first-order valence-corrected chi connectivity index (χ1v) is 21.5. The maximum atomic E-state index is 14.7. The van der Waals surface area contributed by atoms with Gasteiger partial charge < -0.3 is 24.2 Å². The Hall–Kier alpha value is -3.31. The molecule has 12 atom stereocenters. The highest BCUT2D eigenvalue weighted by atomic mass is 32.2. The molecule has 3 unspecified atom stereocenters. The monoisotopic (exact) mass is 803 g/mol. The summed E-state index contributed by atoms with van der Waals surface area (Å²) in [6.45, 7) is 6.56. The largest absolute Gasteiger partial charge is 0.457 e. The van der Waals surface area contributed by atoms with Gasteiger partial charge in [-0.15, -0.1) is 5.06 Å². The molecule has 15 nitrogen and oxygen atoms in total. The minimum absolute atomic E-state index is 0.0291. The molecular weight excluding hydrogens is 750 g/mol. The van der Waals surface area contributed by atoms with Gasteiger partial charge in [0.2, 0.25) is 5.78 Å². The zero-order valence-corrected chi connectivity index (χ0v) is 33.2. The van der Waals surface area contributed by atoms with Crippen LogP contribution in [0.5, 0.6) is 0 Å². The fraction of sp³-hybridized carbons (Fsp3) is 0.750. The van der Waals surface area contributed by atoms with Crippen LogP contribution in [0.25, 0.3) is 0 Å². The fourth-order valence-corrected chi connectivity index (χ4v) is 12.1. The molecule has 16 heteroatoms. The van der Waals surface area contributed by atoms with Crippen molar-refractivity contribution >= 4 is 45.4 Å². The van der Waals surface area contributed by atoms with Gasteiger partial charge in [-0.25, -0.2) is 4.79 Å². The van der Waals surface area contributed by atoms with E-state index in [1.807, 2.05) is 13.0 Å². The van der Waals surface area contributed by atoms with Gasteiger partial charge >= 0.3 is 11.9 Å². The quantitative estimate of drug-likeness (QED) is 0.174. The summed E-state index contributed by atoms with van der Waals surface area (Å²) < 4.78 is 51.4. The molecule has 2 N–H and O–H groups in total. The van der Waals surface area contributed by atoms with Gasteiger partial charge in [0.1, 0.15) is 0 Å². The number of fused-ring (bicyclic) bond motifs is 7. The predicted octanol–water partition coefficient (Wildman–Crippen LogP) is 3.57. The number of carbonyl (C=O) groups excluding carboxylic acids is 6. The Morgan fingerprint density at radius 2 is 1.70 bits per heavy atom. The van der Waals surface area contributed by atoms with Crippen molar-refractivity contribution in [1.82, 2.24) is 5.06 Å². The van der Waals surface area contributed by atoms with Crippen molar-refractivity contribution < 1.29 is 65.9 Å². The van der Waals surface area contributed by atoms with E-state index in [0.29, 0.717) is 12.8 Å². The summed E-state index contributed by atoms with van der Waals surface area (Å²) >= 11 is 0. The van der Waals surface area contributed by atoms with Gasteiger partial charge in [0, 0.05) is 22.7 Å². The lowest BCUT2D eigenvalue weighted by Crippen LogP contribution is -2.63. The van der Waals surface area contributed by atoms with E-state index < -0.39 is 105 Å². The third kappa shape index (κ3) is 6.70. The van der Waals surface area contributed by atoms with Crippen molar-refractivity contribution in [3.05, 3.63) is 23.8 Å². The molecule has 0 bridgehead atoms. The molecule has 308 valence electrons. The number of imide groups is 1. The third-order valence-corrected chi connectivity index (χ3v) is 15.6. The molecule has 4 saturated carbocycles. The Bertz CT molecular complexity index is 1850. The Morgan fingerprint density at radius 3 is 2.36 bits per heavy atom. The summed E-state index contributed by atoms with van der Waals surface area (Å²) in [6.07, 6.45) is 9.91. The van der Waals surface area contributed by atoms with E-state index in [1.54, 1.807) is 19.1 Å². The topological polar surface area (TPSA) is 217 Å². The van der Waals surface area contributed by atoms with Gasteiger partial charge in [-0.2, -0.15) is 8.42 Å². The second kappa shape index (κ2) is 14.8. The van der Waals surface area contributed by atoms with E-state index >= 15 is 0 Å². The standard InChI is InChI=1S/C40H53NO14S/c1-21(10-11-22(2)36(48)55-41-32(45)18-29(34(41)46)56(49,50)51)35(47)52-20-30(44)40-31(53-37(54-40)23-8-6-5-7-9-23)17-27-26-13-12-24-16-25(42)14-15-38(24,3)33(26)28(43)19-39(27,40)4/h14-16,21-23,26-29,31,33,37,43H,5-13,17-20H2,1-4H3,(H,49,50,51)/t21?,22?,26-,27-,28-,29?,31+,33+,37+,38-,39-,40+/m0/s1. The molecule has 7 aliphatic rings. The lowest BCUT2D eigenvalue weighted by atomic mass is 9.46. The maximum Gasteiger partial charge on any atom is 0.335 e. The number of hydroxylamine groups is 2. The average Bonchev–Trinajstić information content (AvgIpc) is 3.76. The molecular formula is C40H53NO14S. The molecule has 56 heavy (non-hydrogen) atoms. The van der Waals surface area contributed by atoms with Crippen LogP contribution < -0.4 is 0 Å². The number of hydrogen-bond acceptors (Lipinski definition) is 13. The molecule has 0 aromatic carbocycles. The summed E-state index contributed by atoms with van der Waals surface area (Å²) in [4.78, 5) is 82.3. The Kier molecular flexibility index (Phi) is 10.8. The second-order valence-corrected chi connectivity index (χ2v) is 19.3. The van der Waals surface area contributed by atoms with Crippen LogP contribution in [0.2, 0.25) is 0 Å². The summed E-state index contributed by atoms with van der Waals surface area (Å²) in [5.41, 5.74) is -1.76. The molecule has 0 radical (unpaired) electrons. The van der Waals surface area contributed by atoms with E-state index in [9.17, 15) is 46.8 Å². The number of allylic oxidation sites excluding steroid dienone is 4. The van der Waals surface area contributed by atoms with E-state index in [4.69, 9.17) is 19.0 Å². The molecule has 0 spiro atoms. The van der Waals surface area contributed by atoms with E-state index in [1.165, 1.54) is 6.92 Å². The smallest absolute Gasteiger partial charge is 0.335 e. The van der Waals surface area contributed by atoms with Crippen LogP contribution in [0.1, 0.15) is 105 Å². The number of hydrogen-bond donors (Lipinski definition) is 2. The number of nitrogens with zero attached hydrogens (tertiary/aromatic N) is 1. The summed E-state index contributed by atoms with van der Waals surface area (Å²) in [6, 6.07) is 0. The van der Waals surface area contributed by atoms with Crippen molar-refractivity contribution in [3.8, 4) is 0 Å². The summed E-state index contributed by atoms with van der Waals surface area (Å²) in [5.74, 6) is -6.36. The maximum absolute atomic E-state index is 14.7. The molecule has 6 fully saturated rings. The van der Waals surface area contributed by atoms with Crippen molar-refractivity contribution in [3.63, 3.8) is 0 Å². The first-order valence-electron chi connectivity index (χ1n) is 20.0. The number of aliphatic hydroxyl groups excluding tert-OH is 1. The van der Waals surface area contributed by atoms with Crippen molar-refractivity contribution in [2.24, 2.45) is 46.3 Å². The highest BCUT2D eigenvalue weighted by Gasteiger charge is 2.76. The molecule has 7 rings (SSSR count). The number of esters is 1. The molecule has 2 heterocycles. The normalized spacial score (nSPS) is 39.2. The lowest BCUT2D eigenvalue weighted by Gasteiger charge is -2.59. The minimum Gasteiger partial charge on any atom is -0.457 e. The Labute approximate surface area is 326 Å². The highest BCUT2D eigenvalue weighted by Crippen LogP contribution is 2.70. The molecule has 0 aromatic heterocycles. The van der Waals surface area contributed by atoms with Gasteiger partial charge in [-0.3, -0.25) is 28.5 Å². The Balaban J connectivity index is 1.03. The summed E-state index contributed by atoms with van der Waals surface area (Å²) in [5, 5.41) is 10.0. The first kappa shape index (κ1) is 40.9. The predicted molar refractivity (Wildman–Crippen MR) is 194 cm³/mol. The van der Waals surface area contributed by atoms with Crippen LogP contribution in [0.4, 0.5) is 0 Å². The molecule has 2 aliphatic heterocycles. The van der Waals surface area contributed by atoms with Crippen LogP contribution in [0.3, 0.4) is 0 Å². The number of aliphatic hydroxyl groups is 1. The molecule has 0 aromatic rings. The Morgan fingerprint density at radius 1 is 1.02 bits per heavy atom. The van der Waals surface area contributed by atoms with Crippen LogP contribution in [0, 0.1) is 46.3 Å². The van der Waals surface area contributed by atoms with Crippen LogP contribution >= 0.6 is 0 Å². The first-order chi connectivity index (χ1) is 26.3. The number of carbonyl (C=O) groups is 6. The molecule has 5 aliphatic carbocycles. The number of ketones is 2. The fourth-order valence-electron chi connectivity index (χ4n) is 11.4. The van der Waals surface area contributed by atoms with E-state index in [-0.39, 0.29) is 53.8 Å². The number of ether oxygens (including phenoxy) is 3. The molecule has 2 amide bonds. The highest BCUT2D eigenvalue weighted by molar-refractivity contribution is 7.87. The van der Waals surface area contributed by atoms with Crippen molar-refractivity contribution in [2.75, 3.05) is 6.61 Å². The second-order valence-electron chi connectivity index (χ2n) is 17.7. The summed E-state index contributed by atoms with van der Waals surface area (Å²) in [7, 11) is -4.88. The van der Waals surface area contributed by atoms with Crippen LogP contribution in [-0.2, 0) is 57.9 Å². The van der Waals surface area contributed by atoms with Gasteiger partial charge in [-0.05, 0) is 75.4 Å². The minimum atomic E-state index is -4.88. The van der Waals surface area contributed by atoms with E-state index in [2.05, 4.69) is 6.92 Å². The number of amides is 2. The van der Waals surface area contributed by atoms with E-state index in [0.717, 1.165) is 44.1 Å². The third-order valence-electron chi connectivity index (χ3n) is 14.5.